The summed E-state index contributed by atoms with van der Waals surface area (Å²) >= 11 is 5.71. The molecule has 0 aliphatic rings. The van der Waals surface area contributed by atoms with E-state index in [2.05, 4.69) is 0 Å². The number of hydrogen-bond acceptors (Lipinski definition) is 4. The fourth-order valence-corrected chi connectivity index (χ4v) is 1.46. The monoisotopic (exact) mass is 280 g/mol. The van der Waals surface area contributed by atoms with Crippen molar-refractivity contribution in [1.82, 2.24) is 0 Å². The first kappa shape index (κ1) is 15.1. The second-order valence-electron chi connectivity index (χ2n) is 3.98. The predicted octanol–water partition coefficient (Wildman–Crippen LogP) is 2.95. The van der Waals surface area contributed by atoms with Gasteiger partial charge >= 0.3 is 5.97 Å². The van der Waals surface area contributed by atoms with Crippen LogP contribution < -0.4 is 0 Å². The molecule has 0 N–H and O–H groups in total. The lowest BCUT2D eigenvalue weighted by Crippen LogP contribution is -2.08. The molecule has 0 spiro atoms. The molecule has 5 heteroatoms. The second kappa shape index (κ2) is 6.85. The van der Waals surface area contributed by atoms with Crippen molar-refractivity contribution >= 4 is 29.1 Å². The molecule has 0 fully saturated rings. The van der Waals surface area contributed by atoms with Crippen LogP contribution in [0, 0.1) is 0 Å². The summed E-state index contributed by atoms with van der Waals surface area (Å²) in [5, 5.41) is 0.533. The summed E-state index contributed by atoms with van der Waals surface area (Å²) in [5.41, 5.74) is 0.436. The molecular weight excluding hydrogens is 268 g/mol. The van der Waals surface area contributed by atoms with Gasteiger partial charge in [0.2, 0.25) is 0 Å². The van der Waals surface area contributed by atoms with E-state index in [0.29, 0.717) is 10.6 Å². The van der Waals surface area contributed by atoms with E-state index in [1.807, 2.05) is 0 Å². The van der Waals surface area contributed by atoms with Crippen LogP contribution >= 0.6 is 11.6 Å². The number of hydrogen-bond donors (Lipinski definition) is 0. The third-order valence-corrected chi connectivity index (χ3v) is 2.38. The molecule has 0 saturated heterocycles. The Morgan fingerprint density at radius 1 is 1.16 bits per heavy atom. The van der Waals surface area contributed by atoms with E-state index in [1.165, 1.54) is 19.9 Å². The van der Waals surface area contributed by atoms with Gasteiger partial charge in [-0.15, -0.1) is 0 Å². The van der Waals surface area contributed by atoms with Gasteiger partial charge in [0.05, 0.1) is 0 Å². The number of rotatable bonds is 5. The lowest BCUT2D eigenvalue weighted by atomic mass is 10.1. The summed E-state index contributed by atoms with van der Waals surface area (Å²) in [6, 6.07) is 6.34. The van der Waals surface area contributed by atoms with Gasteiger partial charge < -0.3 is 4.74 Å². The van der Waals surface area contributed by atoms with Crippen molar-refractivity contribution in [2.75, 3.05) is 0 Å². The predicted molar refractivity (Wildman–Crippen MR) is 70.9 cm³/mol. The first-order valence-corrected chi connectivity index (χ1v) is 5.94. The van der Waals surface area contributed by atoms with E-state index < -0.39 is 5.97 Å². The third-order valence-electron chi connectivity index (χ3n) is 2.13. The summed E-state index contributed by atoms with van der Waals surface area (Å²) in [7, 11) is 0. The van der Waals surface area contributed by atoms with Gasteiger partial charge in [-0.25, -0.2) is 0 Å². The van der Waals surface area contributed by atoms with Gasteiger partial charge in [-0.2, -0.15) is 0 Å². The lowest BCUT2D eigenvalue weighted by molar-refractivity contribution is -0.141. The van der Waals surface area contributed by atoms with Gasteiger partial charge in [0.25, 0.3) is 0 Å². The van der Waals surface area contributed by atoms with E-state index in [9.17, 15) is 14.4 Å². The van der Waals surface area contributed by atoms with E-state index in [4.69, 9.17) is 16.3 Å². The Morgan fingerprint density at radius 3 is 2.26 bits per heavy atom. The first-order chi connectivity index (χ1) is 8.88. The number of ketones is 2. The Morgan fingerprint density at radius 2 is 1.74 bits per heavy atom. The lowest BCUT2D eigenvalue weighted by Gasteiger charge is -2.03. The number of ether oxygens (including phenoxy) is 1. The van der Waals surface area contributed by atoms with Crippen molar-refractivity contribution in [3.63, 3.8) is 0 Å². The Bertz CT molecular complexity index is 529. The van der Waals surface area contributed by atoms with Crippen LogP contribution in [0.2, 0.25) is 5.02 Å². The SMILES string of the molecule is CC(=O)CC(=O)OC(C)=CC(=O)c1ccc(Cl)cc1. The highest BCUT2D eigenvalue weighted by molar-refractivity contribution is 6.30. The first-order valence-electron chi connectivity index (χ1n) is 5.57. The average molecular weight is 281 g/mol. The van der Waals surface area contributed by atoms with E-state index in [-0.39, 0.29) is 23.7 Å². The number of esters is 1. The highest BCUT2D eigenvalue weighted by Gasteiger charge is 2.09. The van der Waals surface area contributed by atoms with Crippen LogP contribution in [0.15, 0.2) is 36.1 Å². The molecule has 0 heterocycles. The highest BCUT2D eigenvalue weighted by atomic mass is 35.5. The maximum Gasteiger partial charge on any atom is 0.318 e. The molecular formula is C14H13ClO4. The molecule has 0 aliphatic carbocycles. The Hall–Kier alpha value is -1.94. The number of benzene rings is 1. The van der Waals surface area contributed by atoms with Gasteiger partial charge in [-0.3, -0.25) is 14.4 Å². The Balaban J connectivity index is 2.68. The molecule has 0 atom stereocenters. The average Bonchev–Trinajstić information content (AvgIpc) is 2.27. The van der Waals surface area contributed by atoms with Crippen molar-refractivity contribution in [3.8, 4) is 0 Å². The number of allylic oxidation sites excluding steroid dienone is 2. The van der Waals surface area contributed by atoms with Gasteiger partial charge in [0.1, 0.15) is 18.0 Å². The van der Waals surface area contributed by atoms with Crippen LogP contribution in [0.5, 0.6) is 0 Å². The van der Waals surface area contributed by atoms with Crippen molar-refractivity contribution in [1.29, 1.82) is 0 Å². The van der Waals surface area contributed by atoms with E-state index in [0.717, 1.165) is 0 Å². The maximum absolute atomic E-state index is 11.8. The second-order valence-corrected chi connectivity index (χ2v) is 4.42. The zero-order valence-electron chi connectivity index (χ0n) is 10.6. The third kappa shape index (κ3) is 5.48. The number of Topliss-reactive ketones (excluding diaryl/α,β-unsaturated/α-hetero) is 1. The summed E-state index contributed by atoms with van der Waals surface area (Å²) < 4.78 is 4.83. The number of carbonyl (C=O) groups excluding carboxylic acids is 3. The zero-order valence-corrected chi connectivity index (χ0v) is 11.4. The molecule has 0 radical (unpaired) electrons. The fourth-order valence-electron chi connectivity index (χ4n) is 1.33. The highest BCUT2D eigenvalue weighted by Crippen LogP contribution is 2.11. The van der Waals surface area contributed by atoms with Crippen molar-refractivity contribution < 1.29 is 19.1 Å². The van der Waals surface area contributed by atoms with Crippen LogP contribution in [0.25, 0.3) is 0 Å². The van der Waals surface area contributed by atoms with Crippen LogP contribution in [0.3, 0.4) is 0 Å². The number of carbonyl (C=O) groups is 3. The number of halogens is 1. The molecule has 19 heavy (non-hydrogen) atoms. The zero-order chi connectivity index (χ0) is 14.4. The minimum atomic E-state index is -0.676. The van der Waals surface area contributed by atoms with Crippen molar-refractivity contribution in [3.05, 3.63) is 46.7 Å². The molecule has 0 saturated carbocycles. The Kier molecular flexibility index (Phi) is 5.45. The largest absolute Gasteiger partial charge is 0.431 e. The minimum Gasteiger partial charge on any atom is -0.431 e. The standard InChI is InChI=1S/C14H13ClO4/c1-9(16)7-14(18)19-10(2)8-13(17)11-3-5-12(15)6-4-11/h3-6,8H,7H2,1-2H3. The van der Waals surface area contributed by atoms with Crippen molar-refractivity contribution in [2.24, 2.45) is 0 Å². The van der Waals surface area contributed by atoms with Crippen LogP contribution in [0.4, 0.5) is 0 Å². The molecule has 1 aromatic carbocycles. The summed E-state index contributed by atoms with van der Waals surface area (Å²) in [6.07, 6.45) is 0.890. The molecule has 4 nitrogen and oxygen atoms in total. The smallest absolute Gasteiger partial charge is 0.318 e. The molecule has 1 aromatic rings. The van der Waals surface area contributed by atoms with Crippen LogP contribution in [-0.4, -0.2) is 17.5 Å². The minimum absolute atomic E-state index is 0.145. The van der Waals surface area contributed by atoms with Crippen LogP contribution in [-0.2, 0) is 14.3 Å². The molecule has 0 aliphatic heterocycles. The van der Waals surface area contributed by atoms with Gasteiger partial charge in [0.15, 0.2) is 5.78 Å². The molecule has 100 valence electrons. The summed E-state index contributed by atoms with van der Waals surface area (Å²) in [4.78, 5) is 33.7. The van der Waals surface area contributed by atoms with Gasteiger partial charge in [-0.1, -0.05) is 11.6 Å². The normalized spacial score (nSPS) is 11.0. The van der Waals surface area contributed by atoms with E-state index in [1.54, 1.807) is 24.3 Å². The van der Waals surface area contributed by atoms with E-state index >= 15 is 0 Å². The van der Waals surface area contributed by atoms with Crippen LogP contribution in [0.1, 0.15) is 30.6 Å². The molecule has 0 aromatic heterocycles. The Labute approximate surface area is 116 Å². The molecule has 0 bridgehead atoms. The fraction of sp³-hybridized carbons (Fsp3) is 0.214. The molecule has 0 amide bonds. The van der Waals surface area contributed by atoms with Gasteiger partial charge in [0, 0.05) is 16.7 Å². The molecule has 0 unspecified atom stereocenters. The quantitative estimate of drug-likeness (QED) is 0.273. The summed E-state index contributed by atoms with van der Waals surface area (Å²) in [5.74, 6) is -1.12. The maximum atomic E-state index is 11.8. The van der Waals surface area contributed by atoms with Crippen molar-refractivity contribution in [2.45, 2.75) is 20.3 Å². The van der Waals surface area contributed by atoms with Gasteiger partial charge in [-0.05, 0) is 38.1 Å². The molecule has 1 rings (SSSR count). The summed E-state index contributed by atoms with van der Waals surface area (Å²) in [6.45, 7) is 2.77. The topological polar surface area (TPSA) is 60.4 Å².